The van der Waals surface area contributed by atoms with Crippen LogP contribution in [0.1, 0.15) is 37.3 Å². The Balaban J connectivity index is 1.96. The molecule has 1 amide bonds. The Hall–Kier alpha value is -2.15. The zero-order valence-corrected chi connectivity index (χ0v) is 13.1. The molecule has 116 valence electrons. The number of hydrogen-bond donors (Lipinski definition) is 2. The third-order valence-corrected chi connectivity index (χ3v) is 4.17. The number of nitrogens with one attached hydrogen (secondary N) is 1. The molecule has 6 nitrogen and oxygen atoms in total. The average molecular weight is 319 g/mol. The van der Waals surface area contributed by atoms with Crippen LogP contribution in [0.5, 0.6) is 0 Å². The van der Waals surface area contributed by atoms with Crippen molar-refractivity contribution in [2.45, 2.75) is 31.4 Å². The van der Waals surface area contributed by atoms with Gasteiger partial charge in [-0.25, -0.2) is 0 Å². The highest BCUT2D eigenvalue weighted by molar-refractivity contribution is 8.15. The molecule has 0 radical (unpaired) electrons. The highest BCUT2D eigenvalue weighted by Crippen LogP contribution is 2.22. The summed E-state index contributed by atoms with van der Waals surface area (Å²) in [6.07, 6.45) is 1.37. The molecule has 1 atom stereocenters. The minimum Gasteiger partial charge on any atom is -0.481 e. The Morgan fingerprint density at radius 1 is 1.41 bits per heavy atom. The predicted molar refractivity (Wildman–Crippen MR) is 87.3 cm³/mol. The average Bonchev–Trinajstić information content (AvgIpc) is 2.79. The molecule has 1 aromatic carbocycles. The van der Waals surface area contributed by atoms with Crippen LogP contribution < -0.4 is 5.32 Å². The van der Waals surface area contributed by atoms with Crippen LogP contribution in [0.3, 0.4) is 0 Å². The third-order valence-electron chi connectivity index (χ3n) is 3.09. The van der Waals surface area contributed by atoms with Crippen LogP contribution in [-0.4, -0.2) is 33.6 Å². The Kier molecular flexibility index (Phi) is 5.32. The number of aliphatic carboxylic acids is 1. The Morgan fingerprint density at radius 3 is 2.68 bits per heavy atom. The smallest absolute Gasteiger partial charge is 0.305 e. The normalized spacial score (nSPS) is 20.0. The van der Waals surface area contributed by atoms with E-state index >= 15 is 0 Å². The van der Waals surface area contributed by atoms with Crippen LogP contribution in [0.25, 0.3) is 0 Å². The molecule has 1 heterocycles. The molecule has 0 saturated carbocycles. The van der Waals surface area contributed by atoms with Gasteiger partial charge in [-0.1, -0.05) is 49.9 Å². The van der Waals surface area contributed by atoms with Gasteiger partial charge >= 0.3 is 5.97 Å². The number of thioether (sulfide) groups is 1. The maximum atomic E-state index is 11.5. The molecule has 0 spiro atoms. The lowest BCUT2D eigenvalue weighted by atomic mass is 10.0. The van der Waals surface area contributed by atoms with Gasteiger partial charge in [0, 0.05) is 0 Å². The van der Waals surface area contributed by atoms with Crippen molar-refractivity contribution < 1.29 is 14.7 Å². The van der Waals surface area contributed by atoms with Gasteiger partial charge in [0.15, 0.2) is 5.17 Å². The minimum absolute atomic E-state index is 0.226. The third kappa shape index (κ3) is 4.42. The molecule has 7 heteroatoms. The summed E-state index contributed by atoms with van der Waals surface area (Å²) in [5.74, 6) is -0.882. The van der Waals surface area contributed by atoms with Gasteiger partial charge in [0.1, 0.15) is 5.25 Å². The van der Waals surface area contributed by atoms with Gasteiger partial charge in [-0.05, 0) is 17.0 Å². The van der Waals surface area contributed by atoms with Crippen LogP contribution >= 0.6 is 11.8 Å². The highest BCUT2D eigenvalue weighted by Gasteiger charge is 2.32. The first-order valence-electron chi connectivity index (χ1n) is 6.86. The van der Waals surface area contributed by atoms with E-state index in [0.29, 0.717) is 11.1 Å². The van der Waals surface area contributed by atoms with Gasteiger partial charge in [0.25, 0.3) is 0 Å². The lowest BCUT2D eigenvalue weighted by molar-refractivity contribution is -0.138. The number of carboxylic acids is 1. The number of benzene rings is 1. The fourth-order valence-corrected chi connectivity index (χ4v) is 2.78. The van der Waals surface area contributed by atoms with E-state index in [0.717, 1.165) is 17.3 Å². The van der Waals surface area contributed by atoms with Gasteiger partial charge in [0.2, 0.25) is 5.91 Å². The van der Waals surface area contributed by atoms with Gasteiger partial charge in [-0.15, -0.1) is 5.10 Å². The van der Waals surface area contributed by atoms with Crippen molar-refractivity contribution in [2.24, 2.45) is 10.2 Å². The lowest BCUT2D eigenvalue weighted by Crippen LogP contribution is -2.26. The number of carboxylic acid groups (broad SMARTS) is 1. The molecule has 1 fully saturated rings. The number of amides is 1. The predicted octanol–water partition coefficient (Wildman–Crippen LogP) is 2.21. The molecular formula is C15H17N3O3S. The van der Waals surface area contributed by atoms with Gasteiger partial charge in [-0.2, -0.15) is 5.10 Å². The minimum atomic E-state index is -1.01. The first kappa shape index (κ1) is 16.2. The van der Waals surface area contributed by atoms with Crippen LogP contribution in [0, 0.1) is 0 Å². The summed E-state index contributed by atoms with van der Waals surface area (Å²) in [5.41, 5.74) is 2.16. The van der Waals surface area contributed by atoms with Crippen molar-refractivity contribution in [2.75, 3.05) is 0 Å². The lowest BCUT2D eigenvalue weighted by Gasteiger charge is -2.03. The monoisotopic (exact) mass is 319 g/mol. The number of rotatable bonds is 5. The van der Waals surface area contributed by atoms with Gasteiger partial charge in [-0.3, -0.25) is 9.59 Å². The Labute approximate surface area is 132 Å². The summed E-state index contributed by atoms with van der Waals surface area (Å²) in [6.45, 7) is 4.26. The fourth-order valence-electron chi connectivity index (χ4n) is 1.86. The molecule has 22 heavy (non-hydrogen) atoms. The maximum absolute atomic E-state index is 11.5. The quantitative estimate of drug-likeness (QED) is 0.643. The number of carbonyl (C=O) groups excluding carboxylic acids is 1. The highest BCUT2D eigenvalue weighted by atomic mass is 32.2. The van der Waals surface area contributed by atoms with Crippen LogP contribution in [0.2, 0.25) is 0 Å². The zero-order valence-electron chi connectivity index (χ0n) is 12.3. The van der Waals surface area contributed by atoms with Gasteiger partial charge < -0.3 is 10.4 Å². The van der Waals surface area contributed by atoms with E-state index in [2.05, 4.69) is 29.4 Å². The molecule has 1 aromatic rings. The van der Waals surface area contributed by atoms with E-state index in [-0.39, 0.29) is 12.3 Å². The van der Waals surface area contributed by atoms with Crippen LogP contribution in [-0.2, 0) is 9.59 Å². The molecule has 1 saturated heterocycles. The second-order valence-electron chi connectivity index (χ2n) is 5.16. The molecule has 2 rings (SSSR count). The molecule has 0 aromatic heterocycles. The van der Waals surface area contributed by atoms with Crippen molar-refractivity contribution in [1.82, 2.24) is 5.32 Å². The second-order valence-corrected chi connectivity index (χ2v) is 6.36. The number of hydrogen-bond acceptors (Lipinski definition) is 5. The van der Waals surface area contributed by atoms with E-state index in [1.165, 1.54) is 5.56 Å². The van der Waals surface area contributed by atoms with Crippen LogP contribution in [0.15, 0.2) is 34.5 Å². The molecule has 1 unspecified atom stereocenters. The van der Waals surface area contributed by atoms with Gasteiger partial charge in [0.05, 0.1) is 12.6 Å². The summed E-state index contributed by atoms with van der Waals surface area (Å²) in [6, 6.07) is 7.97. The summed E-state index contributed by atoms with van der Waals surface area (Å²) in [7, 11) is 0. The molecule has 0 bridgehead atoms. The maximum Gasteiger partial charge on any atom is 0.305 e. The van der Waals surface area contributed by atoms with Crippen molar-refractivity contribution in [3.63, 3.8) is 0 Å². The molecular weight excluding hydrogens is 302 g/mol. The van der Waals surface area contributed by atoms with Crippen LogP contribution in [0.4, 0.5) is 0 Å². The Morgan fingerprint density at radius 2 is 2.09 bits per heavy atom. The molecule has 0 aliphatic carbocycles. The van der Waals surface area contributed by atoms with E-state index in [9.17, 15) is 9.59 Å². The fraction of sp³-hybridized carbons (Fsp3) is 0.333. The number of nitrogens with zero attached hydrogens (tertiary/aromatic N) is 2. The number of carbonyl (C=O) groups is 2. The zero-order chi connectivity index (χ0) is 16.1. The SMILES string of the molecule is CC(C)c1ccc(/C=N/N=C2NC(=O)C(CC(=O)O)S2)cc1. The number of amidine groups is 1. The Bertz CT molecular complexity index is 623. The molecule has 2 N–H and O–H groups in total. The van der Waals surface area contributed by atoms with E-state index in [4.69, 9.17) is 5.11 Å². The van der Waals surface area contributed by atoms with Crippen molar-refractivity contribution in [1.29, 1.82) is 0 Å². The summed E-state index contributed by atoms with van der Waals surface area (Å²) < 4.78 is 0. The van der Waals surface area contributed by atoms with E-state index in [1.54, 1.807) is 6.21 Å². The summed E-state index contributed by atoms with van der Waals surface area (Å²) >= 11 is 1.08. The van der Waals surface area contributed by atoms with Crippen molar-refractivity contribution in [3.05, 3.63) is 35.4 Å². The summed E-state index contributed by atoms with van der Waals surface area (Å²) in [5, 5.41) is 18.7. The topological polar surface area (TPSA) is 91.1 Å². The van der Waals surface area contributed by atoms with Crippen molar-refractivity contribution in [3.8, 4) is 0 Å². The van der Waals surface area contributed by atoms with E-state index in [1.807, 2.05) is 24.3 Å². The molecule has 1 aliphatic heterocycles. The second kappa shape index (κ2) is 7.22. The largest absolute Gasteiger partial charge is 0.481 e. The first-order chi connectivity index (χ1) is 10.5. The standard InChI is InChI=1S/C15H17N3O3S/c1-9(2)11-5-3-10(4-6-11)8-16-18-15-17-14(21)12(22-15)7-13(19)20/h3-6,8-9,12H,7H2,1-2H3,(H,19,20)(H,17,18,21)/b16-8+. The first-order valence-corrected chi connectivity index (χ1v) is 7.74. The summed E-state index contributed by atoms with van der Waals surface area (Å²) in [4.78, 5) is 22.1. The van der Waals surface area contributed by atoms with Crippen molar-refractivity contribution >= 4 is 35.0 Å². The molecule has 1 aliphatic rings. The van der Waals surface area contributed by atoms with E-state index < -0.39 is 11.2 Å².